The highest BCUT2D eigenvalue weighted by atomic mass is 16.7. The lowest BCUT2D eigenvalue weighted by Crippen LogP contribution is -2.46. The molecule has 0 bridgehead atoms. The molecule has 0 amide bonds. The Morgan fingerprint density at radius 3 is 2.48 bits per heavy atom. The summed E-state index contributed by atoms with van der Waals surface area (Å²) in [7, 11) is 0. The fourth-order valence-electron chi connectivity index (χ4n) is 3.55. The Hall–Kier alpha value is -2.62. The Balaban J connectivity index is 1.84. The van der Waals surface area contributed by atoms with E-state index in [9.17, 15) is 4.79 Å². The Kier molecular flexibility index (Phi) is 5.36. The van der Waals surface area contributed by atoms with E-state index in [-0.39, 0.29) is 5.41 Å². The molecule has 27 heavy (non-hydrogen) atoms. The van der Waals surface area contributed by atoms with Crippen LogP contribution in [0.25, 0.3) is 0 Å². The fraction of sp³-hybridized carbons (Fsp3) is 0.409. The van der Waals surface area contributed by atoms with E-state index in [2.05, 4.69) is 31.8 Å². The average Bonchev–Trinajstić information content (AvgIpc) is 2.61. The third-order valence-corrected chi connectivity index (χ3v) is 4.63. The quantitative estimate of drug-likeness (QED) is 0.489. The molecule has 2 aromatic carbocycles. The highest BCUT2D eigenvalue weighted by Crippen LogP contribution is 2.46. The molecule has 5 nitrogen and oxygen atoms in total. The number of fused-ring (bicyclic) bond motifs is 1. The van der Waals surface area contributed by atoms with Crippen LogP contribution in [0, 0.1) is 0 Å². The molecular weight excluding hydrogens is 342 g/mol. The van der Waals surface area contributed by atoms with Crippen molar-refractivity contribution in [3.63, 3.8) is 0 Å². The van der Waals surface area contributed by atoms with Crippen LogP contribution in [0.1, 0.15) is 46.1 Å². The Labute approximate surface area is 160 Å². The van der Waals surface area contributed by atoms with Crippen LogP contribution in [-0.2, 0) is 14.9 Å². The van der Waals surface area contributed by atoms with Crippen molar-refractivity contribution in [2.24, 2.45) is 4.99 Å². The smallest absolute Gasteiger partial charge is 0.240 e. The molecule has 1 atom stereocenters. The largest absolute Gasteiger partial charge is 0.462 e. The van der Waals surface area contributed by atoms with Gasteiger partial charge in [0.1, 0.15) is 17.2 Å². The molecule has 142 valence electrons. The second-order valence-electron chi connectivity index (χ2n) is 7.60. The molecule has 1 heterocycles. The molecular formula is C22H25NO4. The summed E-state index contributed by atoms with van der Waals surface area (Å²) in [4.78, 5) is 13.9. The van der Waals surface area contributed by atoms with Gasteiger partial charge in [-0.2, -0.15) is 4.99 Å². The first-order valence-electron chi connectivity index (χ1n) is 9.18. The Morgan fingerprint density at radius 2 is 1.81 bits per heavy atom. The third-order valence-electron chi connectivity index (χ3n) is 4.63. The molecule has 0 fully saturated rings. The van der Waals surface area contributed by atoms with Gasteiger partial charge < -0.3 is 14.2 Å². The maximum atomic E-state index is 10.3. The molecule has 0 aromatic heterocycles. The number of isocyanates is 1. The standard InChI is InChI=1S/C22H25NO4/c1-5-12-25-22(4)14-21(2,3)19-11-10-18(13-20(19)27-22)26-17-8-6-16(7-9-17)23-15-24/h6-11,13H,5,12,14H2,1-4H3. The average molecular weight is 367 g/mol. The molecule has 1 aliphatic heterocycles. The second kappa shape index (κ2) is 7.55. The molecule has 0 spiro atoms. The van der Waals surface area contributed by atoms with E-state index in [0.29, 0.717) is 23.8 Å². The van der Waals surface area contributed by atoms with Gasteiger partial charge in [-0.15, -0.1) is 0 Å². The van der Waals surface area contributed by atoms with Crippen molar-refractivity contribution in [2.75, 3.05) is 6.61 Å². The SMILES string of the molecule is CCCOC1(C)CC(C)(C)c2ccc(Oc3ccc(N=C=O)cc3)cc2O1. The molecule has 0 saturated carbocycles. The van der Waals surface area contributed by atoms with Crippen molar-refractivity contribution in [1.29, 1.82) is 0 Å². The predicted molar refractivity (Wildman–Crippen MR) is 104 cm³/mol. The fourth-order valence-corrected chi connectivity index (χ4v) is 3.55. The van der Waals surface area contributed by atoms with Gasteiger partial charge in [-0.05, 0) is 42.2 Å². The minimum Gasteiger partial charge on any atom is -0.462 e. The number of carbonyl (C=O) groups excluding carboxylic acids is 1. The van der Waals surface area contributed by atoms with Gasteiger partial charge in [0.15, 0.2) is 0 Å². The molecule has 0 saturated heterocycles. The van der Waals surface area contributed by atoms with Crippen LogP contribution in [0.2, 0.25) is 0 Å². The maximum absolute atomic E-state index is 10.3. The van der Waals surface area contributed by atoms with Crippen LogP contribution in [0.15, 0.2) is 47.5 Å². The lowest BCUT2D eigenvalue weighted by Gasteiger charge is -2.43. The van der Waals surface area contributed by atoms with E-state index < -0.39 is 5.79 Å². The summed E-state index contributed by atoms with van der Waals surface area (Å²) in [5.41, 5.74) is 1.61. The van der Waals surface area contributed by atoms with Gasteiger partial charge in [0.2, 0.25) is 11.9 Å². The molecule has 0 aliphatic carbocycles. The molecule has 1 unspecified atom stereocenters. The summed E-state index contributed by atoms with van der Waals surface area (Å²) in [6, 6.07) is 12.8. The van der Waals surface area contributed by atoms with E-state index in [1.165, 1.54) is 6.08 Å². The number of hydrogen-bond donors (Lipinski definition) is 0. The first kappa shape index (κ1) is 19.2. The maximum Gasteiger partial charge on any atom is 0.240 e. The summed E-state index contributed by atoms with van der Waals surface area (Å²) in [6.07, 6.45) is 3.25. The topological polar surface area (TPSA) is 57.1 Å². The van der Waals surface area contributed by atoms with Crippen molar-refractivity contribution in [3.8, 4) is 17.2 Å². The van der Waals surface area contributed by atoms with E-state index in [0.717, 1.165) is 24.2 Å². The number of benzene rings is 2. The van der Waals surface area contributed by atoms with Gasteiger partial charge in [0, 0.05) is 25.0 Å². The van der Waals surface area contributed by atoms with Crippen LogP contribution in [0.4, 0.5) is 5.69 Å². The minimum atomic E-state index is -0.653. The number of nitrogens with zero attached hydrogens (tertiary/aromatic N) is 1. The van der Waals surface area contributed by atoms with Crippen LogP contribution in [0.3, 0.4) is 0 Å². The van der Waals surface area contributed by atoms with Crippen molar-refractivity contribution in [2.45, 2.75) is 51.7 Å². The zero-order valence-corrected chi connectivity index (χ0v) is 16.2. The lowest BCUT2D eigenvalue weighted by molar-refractivity contribution is -0.191. The van der Waals surface area contributed by atoms with E-state index >= 15 is 0 Å². The normalized spacial score (nSPS) is 20.1. The zero-order chi connectivity index (χ0) is 19.5. The Bertz CT molecular complexity index is 853. The zero-order valence-electron chi connectivity index (χ0n) is 16.2. The monoisotopic (exact) mass is 367 g/mol. The second-order valence-corrected chi connectivity index (χ2v) is 7.60. The summed E-state index contributed by atoms with van der Waals surface area (Å²) in [5.74, 6) is 1.46. The molecule has 0 radical (unpaired) electrons. The van der Waals surface area contributed by atoms with E-state index in [1.807, 2.05) is 19.1 Å². The molecule has 3 rings (SSSR count). The number of aliphatic imine (C=N–C) groups is 1. The van der Waals surface area contributed by atoms with Crippen LogP contribution >= 0.6 is 0 Å². The third kappa shape index (κ3) is 4.38. The number of ether oxygens (including phenoxy) is 3. The minimum absolute atomic E-state index is 0.0664. The molecule has 2 aromatic rings. The van der Waals surface area contributed by atoms with Crippen molar-refractivity contribution in [3.05, 3.63) is 48.0 Å². The van der Waals surface area contributed by atoms with Gasteiger partial charge >= 0.3 is 0 Å². The number of rotatable bonds is 6. The molecule has 1 aliphatic rings. The predicted octanol–water partition coefficient (Wildman–Crippen LogP) is 5.65. The van der Waals surface area contributed by atoms with Gasteiger partial charge in [-0.3, -0.25) is 0 Å². The van der Waals surface area contributed by atoms with Gasteiger partial charge in [-0.25, -0.2) is 4.79 Å². The van der Waals surface area contributed by atoms with Crippen molar-refractivity contribution < 1.29 is 19.0 Å². The van der Waals surface area contributed by atoms with Gasteiger partial charge in [0.05, 0.1) is 12.3 Å². The Morgan fingerprint density at radius 1 is 1.11 bits per heavy atom. The first-order valence-corrected chi connectivity index (χ1v) is 9.18. The highest BCUT2D eigenvalue weighted by Gasteiger charge is 2.42. The van der Waals surface area contributed by atoms with Crippen molar-refractivity contribution in [1.82, 2.24) is 0 Å². The highest BCUT2D eigenvalue weighted by molar-refractivity contribution is 5.51. The summed E-state index contributed by atoms with van der Waals surface area (Å²) in [6.45, 7) is 9.15. The molecule has 5 heteroatoms. The number of hydrogen-bond acceptors (Lipinski definition) is 5. The van der Waals surface area contributed by atoms with Crippen LogP contribution < -0.4 is 9.47 Å². The van der Waals surface area contributed by atoms with E-state index in [4.69, 9.17) is 14.2 Å². The van der Waals surface area contributed by atoms with Crippen LogP contribution in [0.5, 0.6) is 17.2 Å². The van der Waals surface area contributed by atoms with Gasteiger partial charge in [-0.1, -0.05) is 26.8 Å². The summed E-state index contributed by atoms with van der Waals surface area (Å²) < 4.78 is 18.2. The van der Waals surface area contributed by atoms with Crippen LogP contribution in [-0.4, -0.2) is 18.5 Å². The first-order chi connectivity index (χ1) is 12.8. The summed E-state index contributed by atoms with van der Waals surface area (Å²) >= 11 is 0. The van der Waals surface area contributed by atoms with Gasteiger partial charge in [0.25, 0.3) is 0 Å². The lowest BCUT2D eigenvalue weighted by atomic mass is 9.76. The summed E-state index contributed by atoms with van der Waals surface area (Å²) in [5, 5.41) is 0. The van der Waals surface area contributed by atoms with E-state index in [1.54, 1.807) is 24.3 Å². The van der Waals surface area contributed by atoms with Crippen molar-refractivity contribution >= 4 is 11.8 Å². The molecule has 0 N–H and O–H groups in total.